The van der Waals surface area contributed by atoms with Gasteiger partial charge in [-0.1, -0.05) is 29.8 Å². The van der Waals surface area contributed by atoms with Gasteiger partial charge in [-0.15, -0.1) is 5.10 Å². The topological polar surface area (TPSA) is 73.8 Å². The fourth-order valence-electron chi connectivity index (χ4n) is 1.65. The average molecular weight is 239 g/mol. The van der Waals surface area contributed by atoms with Crippen molar-refractivity contribution in [2.24, 2.45) is 5.73 Å². The predicted molar refractivity (Wildman–Crippen MR) is 61.1 cm³/mol. The first-order chi connectivity index (χ1) is 7.65. The smallest absolute Gasteiger partial charge is 0.242 e. The highest BCUT2D eigenvalue weighted by molar-refractivity contribution is 6.34. The number of rotatable bonds is 3. The highest BCUT2D eigenvalue weighted by atomic mass is 35.5. The normalized spacial score (nSPS) is 12.9. The molecule has 1 amide bonds. The van der Waals surface area contributed by atoms with Gasteiger partial charge in [0, 0.05) is 0 Å². The number of benzene rings is 1. The average Bonchev–Trinajstić information content (AvgIpc) is 2.64. The van der Waals surface area contributed by atoms with E-state index in [1.54, 1.807) is 12.1 Å². The molecule has 5 nitrogen and oxygen atoms in total. The molecular weight excluding hydrogens is 228 g/mol. The van der Waals surface area contributed by atoms with Crippen molar-refractivity contribution in [2.45, 2.75) is 19.4 Å². The molecular formula is C10H11ClN4O. The first-order valence-electron chi connectivity index (χ1n) is 4.94. The number of aromatic nitrogens is 3. The minimum atomic E-state index is -0.483. The van der Waals surface area contributed by atoms with Gasteiger partial charge in [0.1, 0.15) is 11.6 Å². The Morgan fingerprint density at radius 3 is 3.00 bits per heavy atom. The van der Waals surface area contributed by atoms with E-state index in [-0.39, 0.29) is 0 Å². The van der Waals surface area contributed by atoms with Crippen molar-refractivity contribution in [2.75, 3.05) is 0 Å². The number of carbonyl (C=O) groups excluding carboxylic acids is 1. The van der Waals surface area contributed by atoms with Gasteiger partial charge in [0.25, 0.3) is 0 Å². The summed E-state index contributed by atoms with van der Waals surface area (Å²) in [6, 6.07) is 4.85. The summed E-state index contributed by atoms with van der Waals surface area (Å²) in [5.41, 5.74) is 6.61. The Hall–Kier alpha value is -1.62. The SMILES string of the molecule is CC[C@@H](C(N)=O)n1nnc2c(Cl)cccc21. The Labute approximate surface area is 97.2 Å². The van der Waals surface area contributed by atoms with Crippen LogP contribution in [0.25, 0.3) is 11.0 Å². The van der Waals surface area contributed by atoms with Crippen LogP contribution in [-0.4, -0.2) is 20.9 Å². The molecule has 1 aromatic carbocycles. The molecule has 1 heterocycles. The van der Waals surface area contributed by atoms with Gasteiger partial charge in [0.05, 0.1) is 10.5 Å². The lowest BCUT2D eigenvalue weighted by Gasteiger charge is -2.11. The highest BCUT2D eigenvalue weighted by Gasteiger charge is 2.19. The van der Waals surface area contributed by atoms with Gasteiger partial charge in [-0.3, -0.25) is 4.79 Å². The maximum absolute atomic E-state index is 11.3. The molecule has 0 bridgehead atoms. The van der Waals surface area contributed by atoms with Crippen LogP contribution >= 0.6 is 11.6 Å². The van der Waals surface area contributed by atoms with E-state index in [0.29, 0.717) is 17.0 Å². The Kier molecular flexibility index (Phi) is 2.78. The maximum Gasteiger partial charge on any atom is 0.242 e. The number of hydrogen-bond acceptors (Lipinski definition) is 3. The third-order valence-corrected chi connectivity index (χ3v) is 2.77. The molecule has 16 heavy (non-hydrogen) atoms. The Morgan fingerprint density at radius 2 is 2.38 bits per heavy atom. The number of hydrogen-bond donors (Lipinski definition) is 1. The zero-order chi connectivity index (χ0) is 11.7. The second kappa shape index (κ2) is 4.09. The lowest BCUT2D eigenvalue weighted by atomic mass is 10.2. The molecule has 0 unspecified atom stereocenters. The van der Waals surface area contributed by atoms with Crippen molar-refractivity contribution in [3.8, 4) is 0 Å². The summed E-state index contributed by atoms with van der Waals surface area (Å²) in [6.45, 7) is 1.87. The van der Waals surface area contributed by atoms with E-state index in [1.165, 1.54) is 4.68 Å². The number of nitrogens with zero attached hydrogens (tertiary/aromatic N) is 3. The van der Waals surface area contributed by atoms with E-state index in [2.05, 4.69) is 10.3 Å². The summed E-state index contributed by atoms with van der Waals surface area (Å²) in [5, 5.41) is 8.39. The second-order valence-corrected chi connectivity index (χ2v) is 3.88. The molecule has 6 heteroatoms. The van der Waals surface area contributed by atoms with Crippen LogP contribution < -0.4 is 5.73 Å². The number of amides is 1. The van der Waals surface area contributed by atoms with E-state index < -0.39 is 11.9 Å². The van der Waals surface area contributed by atoms with Crippen LogP contribution in [0.3, 0.4) is 0 Å². The third-order valence-electron chi connectivity index (χ3n) is 2.46. The number of primary amides is 1. The molecule has 0 aliphatic heterocycles. The first kappa shape index (κ1) is 10.9. The van der Waals surface area contributed by atoms with Crippen molar-refractivity contribution in [1.29, 1.82) is 0 Å². The summed E-state index contributed by atoms with van der Waals surface area (Å²) in [4.78, 5) is 11.3. The van der Waals surface area contributed by atoms with Gasteiger partial charge in [-0.05, 0) is 18.6 Å². The standard InChI is InChI=1S/C10H11ClN4O/c1-2-7(10(12)16)15-8-5-3-4-6(11)9(8)13-14-15/h3-5,7H,2H2,1H3,(H2,12,16)/t7-/m0/s1. The van der Waals surface area contributed by atoms with Crippen molar-refractivity contribution in [3.05, 3.63) is 23.2 Å². The fourth-order valence-corrected chi connectivity index (χ4v) is 1.86. The molecule has 2 N–H and O–H groups in total. The summed E-state index contributed by atoms with van der Waals surface area (Å²) >= 11 is 5.97. The van der Waals surface area contributed by atoms with E-state index in [0.717, 1.165) is 5.52 Å². The molecule has 0 spiro atoms. The fraction of sp³-hybridized carbons (Fsp3) is 0.300. The van der Waals surface area contributed by atoms with Gasteiger partial charge in [0.2, 0.25) is 5.91 Å². The molecule has 0 radical (unpaired) electrons. The van der Waals surface area contributed by atoms with Gasteiger partial charge in [-0.2, -0.15) is 0 Å². The Bertz CT molecular complexity index is 537. The van der Waals surface area contributed by atoms with Crippen molar-refractivity contribution in [1.82, 2.24) is 15.0 Å². The lowest BCUT2D eigenvalue weighted by molar-refractivity contribution is -0.121. The molecule has 0 aliphatic rings. The van der Waals surface area contributed by atoms with Crippen LogP contribution in [0.2, 0.25) is 5.02 Å². The largest absolute Gasteiger partial charge is 0.368 e. The third kappa shape index (κ3) is 1.63. The minimum absolute atomic E-state index is 0.422. The predicted octanol–water partition coefficient (Wildman–Crippen LogP) is 1.52. The summed E-state index contributed by atoms with van der Waals surface area (Å²) in [6.07, 6.45) is 0.570. The number of fused-ring (bicyclic) bond motifs is 1. The highest BCUT2D eigenvalue weighted by Crippen LogP contribution is 2.23. The summed E-state index contributed by atoms with van der Waals surface area (Å²) < 4.78 is 1.52. The zero-order valence-corrected chi connectivity index (χ0v) is 9.48. The Morgan fingerprint density at radius 1 is 1.62 bits per heavy atom. The van der Waals surface area contributed by atoms with Gasteiger partial charge in [0.15, 0.2) is 0 Å². The molecule has 1 aromatic heterocycles. The summed E-state index contributed by atoms with van der Waals surface area (Å²) in [7, 11) is 0. The van der Waals surface area contributed by atoms with Crippen molar-refractivity contribution in [3.63, 3.8) is 0 Å². The van der Waals surface area contributed by atoms with E-state index in [4.69, 9.17) is 17.3 Å². The molecule has 0 saturated heterocycles. The van der Waals surface area contributed by atoms with E-state index >= 15 is 0 Å². The van der Waals surface area contributed by atoms with Crippen LogP contribution in [-0.2, 0) is 4.79 Å². The second-order valence-electron chi connectivity index (χ2n) is 3.47. The monoisotopic (exact) mass is 238 g/mol. The van der Waals surface area contributed by atoms with Gasteiger partial charge >= 0.3 is 0 Å². The van der Waals surface area contributed by atoms with Crippen LogP contribution in [0, 0.1) is 0 Å². The van der Waals surface area contributed by atoms with Crippen molar-refractivity contribution >= 4 is 28.5 Å². The molecule has 2 rings (SSSR count). The lowest BCUT2D eigenvalue weighted by Crippen LogP contribution is -2.26. The number of halogens is 1. The number of nitrogens with two attached hydrogens (primary N) is 1. The van der Waals surface area contributed by atoms with Crippen LogP contribution in [0.4, 0.5) is 0 Å². The van der Waals surface area contributed by atoms with Crippen LogP contribution in [0.5, 0.6) is 0 Å². The summed E-state index contributed by atoms with van der Waals surface area (Å²) in [5.74, 6) is -0.422. The molecule has 84 valence electrons. The van der Waals surface area contributed by atoms with E-state index in [1.807, 2.05) is 13.0 Å². The van der Waals surface area contributed by atoms with E-state index in [9.17, 15) is 4.79 Å². The first-order valence-corrected chi connectivity index (χ1v) is 5.31. The Balaban J connectivity index is 2.61. The van der Waals surface area contributed by atoms with Gasteiger partial charge in [-0.25, -0.2) is 4.68 Å². The maximum atomic E-state index is 11.3. The number of carbonyl (C=O) groups is 1. The van der Waals surface area contributed by atoms with Gasteiger partial charge < -0.3 is 5.73 Å². The van der Waals surface area contributed by atoms with Crippen LogP contribution in [0.1, 0.15) is 19.4 Å². The molecule has 0 fully saturated rings. The molecule has 2 aromatic rings. The molecule has 1 atom stereocenters. The van der Waals surface area contributed by atoms with Crippen molar-refractivity contribution < 1.29 is 4.79 Å². The zero-order valence-electron chi connectivity index (χ0n) is 8.72. The molecule has 0 aliphatic carbocycles. The quantitative estimate of drug-likeness (QED) is 0.881. The van der Waals surface area contributed by atoms with Crippen LogP contribution in [0.15, 0.2) is 18.2 Å². The minimum Gasteiger partial charge on any atom is -0.368 e. The molecule has 0 saturated carbocycles.